The zero-order valence-electron chi connectivity index (χ0n) is 33.0. The summed E-state index contributed by atoms with van der Waals surface area (Å²) in [5.74, 6) is -1.29. The maximum atomic E-state index is 11.4. The topological polar surface area (TPSA) is 164 Å². The van der Waals surface area contributed by atoms with Crippen LogP contribution in [-0.2, 0) is 54.1 Å². The Morgan fingerprint density at radius 2 is 1.51 bits per heavy atom. The van der Waals surface area contributed by atoms with Gasteiger partial charge in [0.25, 0.3) is 0 Å². The van der Waals surface area contributed by atoms with Crippen LogP contribution in [0.5, 0.6) is 0 Å². The number of esters is 2. The smallest absolute Gasteiger partial charge is 0.331 e. The molecule has 0 saturated heterocycles. The molecule has 0 aliphatic heterocycles. The molecule has 16 heteroatoms. The van der Waals surface area contributed by atoms with Gasteiger partial charge in [-0.3, -0.25) is 0 Å². The van der Waals surface area contributed by atoms with Crippen molar-refractivity contribution in [3.8, 4) is 6.07 Å². The van der Waals surface area contributed by atoms with E-state index in [-0.39, 0.29) is 19.3 Å². The summed E-state index contributed by atoms with van der Waals surface area (Å²) in [6, 6.07) is 18.1. The monoisotopic (exact) mass is 805 g/mol. The zero-order chi connectivity index (χ0) is 41.1. The summed E-state index contributed by atoms with van der Waals surface area (Å²) in [6.07, 6.45) is 1.75. The van der Waals surface area contributed by atoms with Crippen molar-refractivity contribution in [1.29, 1.82) is 5.26 Å². The van der Waals surface area contributed by atoms with Gasteiger partial charge in [-0.25, -0.2) is 14.4 Å². The van der Waals surface area contributed by atoms with Crippen LogP contribution in [0.15, 0.2) is 70.9 Å². The van der Waals surface area contributed by atoms with E-state index in [1.807, 2.05) is 49.4 Å². The Morgan fingerprint density at radius 1 is 0.877 bits per heavy atom. The number of azo groups is 1. The molecule has 3 aromatic rings. The van der Waals surface area contributed by atoms with Crippen LogP contribution in [0.4, 0.5) is 22.1 Å². The molecule has 2 aromatic carbocycles. The molecule has 1 heterocycles. The molecule has 1 aromatic heterocycles. The van der Waals surface area contributed by atoms with Crippen LogP contribution in [-0.4, -0.2) is 111 Å². The predicted octanol–water partition coefficient (Wildman–Crippen LogP) is 6.97. The first-order valence-electron chi connectivity index (χ1n) is 18.4. The SMILES string of the molecule is [C-]#[N+]c1c(N=Nc2ccc(N(CC)CC(COCc3ccccc3)OCCOCCOCCOCCOCCOC(=O)/C=C\C(=O)OC)cc2C)sc(C#N)c1C. The predicted molar refractivity (Wildman–Crippen MR) is 215 cm³/mol. The summed E-state index contributed by atoms with van der Waals surface area (Å²) in [5, 5.41) is 18.5. The summed E-state index contributed by atoms with van der Waals surface area (Å²) in [6.45, 7) is 18.8. The van der Waals surface area contributed by atoms with E-state index in [4.69, 9.17) is 39.7 Å². The Labute approximate surface area is 338 Å². The van der Waals surface area contributed by atoms with Crippen molar-refractivity contribution in [2.24, 2.45) is 10.2 Å². The normalized spacial score (nSPS) is 11.8. The number of thiophene rings is 1. The van der Waals surface area contributed by atoms with Gasteiger partial charge in [-0.15, -0.1) is 11.3 Å². The average molecular weight is 806 g/mol. The van der Waals surface area contributed by atoms with Gasteiger partial charge in [-0.2, -0.15) is 15.5 Å². The second-order valence-corrected chi connectivity index (χ2v) is 13.1. The lowest BCUT2D eigenvalue weighted by molar-refractivity contribution is -0.140. The molecule has 0 fully saturated rings. The summed E-state index contributed by atoms with van der Waals surface area (Å²) < 4.78 is 43.8. The molecular formula is C41H51N5O10S. The molecule has 0 spiro atoms. The van der Waals surface area contributed by atoms with Crippen LogP contribution in [0.25, 0.3) is 4.85 Å². The molecular weight excluding hydrogens is 755 g/mol. The lowest BCUT2D eigenvalue weighted by Gasteiger charge is -2.29. The molecule has 0 saturated carbocycles. The third-order valence-electron chi connectivity index (χ3n) is 8.05. The lowest BCUT2D eigenvalue weighted by atomic mass is 10.1. The summed E-state index contributed by atoms with van der Waals surface area (Å²) in [7, 11) is 1.22. The number of carbonyl (C=O) groups is 2. The van der Waals surface area contributed by atoms with Crippen molar-refractivity contribution in [3.05, 3.63) is 93.7 Å². The number of hydrogen-bond acceptors (Lipinski definition) is 15. The fourth-order valence-electron chi connectivity index (χ4n) is 5.03. The molecule has 57 heavy (non-hydrogen) atoms. The summed E-state index contributed by atoms with van der Waals surface area (Å²) >= 11 is 1.17. The second kappa shape index (κ2) is 27.5. The number of aryl methyl sites for hydroxylation is 1. The Hall–Kier alpha value is -5.04. The highest BCUT2D eigenvalue weighted by atomic mass is 32.1. The van der Waals surface area contributed by atoms with Gasteiger partial charge in [0, 0.05) is 30.9 Å². The van der Waals surface area contributed by atoms with Crippen molar-refractivity contribution < 1.29 is 47.5 Å². The molecule has 0 aliphatic carbocycles. The van der Waals surface area contributed by atoms with Crippen LogP contribution in [0.2, 0.25) is 0 Å². The Kier molecular flexibility index (Phi) is 22.4. The van der Waals surface area contributed by atoms with Gasteiger partial charge in [-0.05, 0) is 55.7 Å². The van der Waals surface area contributed by atoms with E-state index < -0.39 is 11.9 Å². The molecule has 1 atom stereocenters. The number of nitrogens with zero attached hydrogens (tertiary/aromatic N) is 5. The minimum absolute atomic E-state index is 0.0552. The quantitative estimate of drug-likeness (QED) is 0.0244. The fraction of sp³-hybridized carbons (Fsp3) is 0.463. The van der Waals surface area contributed by atoms with Gasteiger partial charge in [0.1, 0.15) is 17.7 Å². The van der Waals surface area contributed by atoms with E-state index in [0.717, 1.165) is 35.5 Å². The van der Waals surface area contributed by atoms with E-state index >= 15 is 0 Å². The zero-order valence-corrected chi connectivity index (χ0v) is 33.8. The third kappa shape index (κ3) is 17.7. The first-order valence-corrected chi connectivity index (χ1v) is 19.3. The van der Waals surface area contributed by atoms with E-state index in [9.17, 15) is 14.9 Å². The maximum Gasteiger partial charge on any atom is 0.331 e. The summed E-state index contributed by atoms with van der Waals surface area (Å²) in [5.41, 5.74) is 4.67. The molecule has 0 aliphatic rings. The maximum absolute atomic E-state index is 11.4. The average Bonchev–Trinajstić information content (AvgIpc) is 3.54. The van der Waals surface area contributed by atoms with Crippen LogP contribution >= 0.6 is 11.3 Å². The highest BCUT2D eigenvalue weighted by Gasteiger charge is 2.17. The van der Waals surface area contributed by atoms with Crippen LogP contribution < -0.4 is 4.90 Å². The van der Waals surface area contributed by atoms with Gasteiger partial charge in [-0.1, -0.05) is 30.3 Å². The molecule has 306 valence electrons. The molecule has 0 N–H and O–H groups in total. The Morgan fingerprint density at radius 3 is 2.11 bits per heavy atom. The van der Waals surface area contributed by atoms with E-state index in [2.05, 4.69) is 43.8 Å². The number of ether oxygens (including phenoxy) is 8. The number of nitriles is 1. The number of likely N-dealkylation sites (N-methyl/N-ethyl adjacent to an activating group) is 1. The molecule has 3 rings (SSSR count). The molecule has 0 radical (unpaired) electrons. The number of anilines is 1. The first kappa shape index (κ1) is 46.3. The van der Waals surface area contributed by atoms with Crippen LogP contribution in [0.1, 0.15) is 28.5 Å². The highest BCUT2D eigenvalue weighted by Crippen LogP contribution is 2.42. The van der Waals surface area contributed by atoms with Crippen molar-refractivity contribution in [3.63, 3.8) is 0 Å². The minimum atomic E-state index is -0.654. The Balaban J connectivity index is 1.37. The van der Waals surface area contributed by atoms with Crippen molar-refractivity contribution in [1.82, 2.24) is 0 Å². The van der Waals surface area contributed by atoms with Gasteiger partial charge in [0.05, 0.1) is 103 Å². The molecule has 15 nitrogen and oxygen atoms in total. The van der Waals surface area contributed by atoms with E-state index in [1.54, 1.807) is 6.92 Å². The second-order valence-electron chi connectivity index (χ2n) is 12.1. The third-order valence-corrected chi connectivity index (χ3v) is 9.12. The Bertz CT molecular complexity index is 1810. The molecule has 1 unspecified atom stereocenters. The number of benzene rings is 2. The van der Waals surface area contributed by atoms with Crippen molar-refractivity contribution in [2.75, 3.05) is 97.8 Å². The van der Waals surface area contributed by atoms with E-state index in [1.165, 1.54) is 18.4 Å². The van der Waals surface area contributed by atoms with Gasteiger partial charge in [0.15, 0.2) is 0 Å². The minimum Gasteiger partial charge on any atom is -0.466 e. The lowest BCUT2D eigenvalue weighted by Crippen LogP contribution is -2.37. The first-order chi connectivity index (χ1) is 27.8. The molecule has 0 bridgehead atoms. The standard InChI is InChI=1S/C41H51N5O10S/c1-6-46(34-12-13-36(31(2)26-34)44-45-41-40(43-4)32(3)37(27-42)57-41)28-35(30-54-29-33-10-8-7-9-11-33)55-24-22-52-20-18-50-16-17-51-19-21-53-23-25-56-39(48)15-14-38(47)49-5/h7-15,26,35H,6,16-25,28-30H2,1-3,5H3/b15-14-,45-44?. The van der Waals surface area contributed by atoms with Crippen molar-refractivity contribution in [2.45, 2.75) is 33.5 Å². The van der Waals surface area contributed by atoms with Gasteiger partial charge in [0.2, 0.25) is 5.69 Å². The number of hydrogen-bond donors (Lipinski definition) is 0. The highest BCUT2D eigenvalue weighted by molar-refractivity contribution is 7.17. The number of methoxy groups -OCH3 is 1. The van der Waals surface area contributed by atoms with Gasteiger partial charge >= 0.3 is 11.9 Å². The fourth-order valence-corrected chi connectivity index (χ4v) is 5.90. The number of rotatable bonds is 28. The van der Waals surface area contributed by atoms with E-state index in [0.29, 0.717) is 99.4 Å². The van der Waals surface area contributed by atoms with Gasteiger partial charge < -0.3 is 42.8 Å². The summed E-state index contributed by atoms with van der Waals surface area (Å²) in [4.78, 5) is 28.6. The number of carbonyl (C=O) groups excluding carboxylic acids is 2. The van der Waals surface area contributed by atoms with Crippen LogP contribution in [0, 0.1) is 31.8 Å². The van der Waals surface area contributed by atoms with Crippen molar-refractivity contribution >= 4 is 45.3 Å². The van der Waals surface area contributed by atoms with Crippen LogP contribution in [0.3, 0.4) is 0 Å². The largest absolute Gasteiger partial charge is 0.466 e. The molecule has 0 amide bonds.